The summed E-state index contributed by atoms with van der Waals surface area (Å²) in [4.78, 5) is 43.7. The molecule has 1 aromatic rings. The standard InChI is InChI=1S/C25H37N5O4/c1-4-7-17-8-9-20-21-18(14-29(20)24(17)33)19(15-31)22(30(21)25(34)27-16(2)3)23(32)26-10-13-28-11-5-6-12-28/h4,7-9,16,18-19,21-22,31H,5-6,10-15H2,1-3H3,(H,26,32)(H,27,34)/b7-4+/t18-,19-,21+,22-/m0/s1. The number of fused-ring (bicyclic) bond motifs is 3. The van der Waals surface area contributed by atoms with Gasteiger partial charge in [-0.2, -0.15) is 0 Å². The van der Waals surface area contributed by atoms with Crippen molar-refractivity contribution < 1.29 is 14.7 Å². The number of aliphatic hydroxyl groups is 1. The molecule has 9 heteroatoms. The Bertz CT molecular complexity index is 998. The van der Waals surface area contributed by atoms with Gasteiger partial charge in [-0.25, -0.2) is 4.79 Å². The number of pyridine rings is 1. The van der Waals surface area contributed by atoms with Gasteiger partial charge in [0, 0.05) is 55.4 Å². The Morgan fingerprint density at radius 1 is 1.24 bits per heavy atom. The van der Waals surface area contributed by atoms with Crippen LogP contribution < -0.4 is 16.2 Å². The van der Waals surface area contributed by atoms with Crippen molar-refractivity contribution in [3.05, 3.63) is 39.8 Å². The summed E-state index contributed by atoms with van der Waals surface area (Å²) in [5, 5.41) is 16.3. The molecule has 0 unspecified atom stereocenters. The molecular weight excluding hydrogens is 434 g/mol. The van der Waals surface area contributed by atoms with E-state index in [9.17, 15) is 19.5 Å². The Hall–Kier alpha value is -2.65. The van der Waals surface area contributed by atoms with Crippen LogP contribution in [0.1, 0.15) is 50.9 Å². The van der Waals surface area contributed by atoms with Gasteiger partial charge in [0.2, 0.25) is 5.91 Å². The Balaban J connectivity index is 1.64. The molecule has 3 N–H and O–H groups in total. The van der Waals surface area contributed by atoms with Gasteiger partial charge in [0.15, 0.2) is 0 Å². The van der Waals surface area contributed by atoms with Crippen LogP contribution in [0, 0.1) is 11.8 Å². The fourth-order valence-electron chi connectivity index (χ4n) is 5.80. The van der Waals surface area contributed by atoms with Crippen LogP contribution in [0.15, 0.2) is 23.0 Å². The van der Waals surface area contributed by atoms with Crippen molar-refractivity contribution in [2.24, 2.45) is 11.8 Å². The molecule has 4 heterocycles. The first-order valence-corrected chi connectivity index (χ1v) is 12.4. The fraction of sp³-hybridized carbons (Fsp3) is 0.640. The smallest absolute Gasteiger partial charge is 0.318 e. The highest BCUT2D eigenvalue weighted by Gasteiger charge is 2.57. The molecule has 1 aromatic heterocycles. The lowest BCUT2D eigenvalue weighted by Crippen LogP contribution is -2.54. The molecule has 0 aliphatic carbocycles. The number of likely N-dealkylation sites (tertiary alicyclic amines) is 2. The Morgan fingerprint density at radius 3 is 2.62 bits per heavy atom. The number of nitrogens with one attached hydrogen (secondary N) is 2. The van der Waals surface area contributed by atoms with E-state index in [1.165, 1.54) is 12.8 Å². The largest absolute Gasteiger partial charge is 0.396 e. The summed E-state index contributed by atoms with van der Waals surface area (Å²) in [6.45, 7) is 9.12. The van der Waals surface area contributed by atoms with E-state index in [2.05, 4.69) is 15.5 Å². The van der Waals surface area contributed by atoms with Gasteiger partial charge in [-0.3, -0.25) is 9.59 Å². The molecule has 0 saturated carbocycles. The van der Waals surface area contributed by atoms with Gasteiger partial charge in [0.1, 0.15) is 6.04 Å². The number of hydrogen-bond acceptors (Lipinski definition) is 5. The van der Waals surface area contributed by atoms with E-state index >= 15 is 0 Å². The van der Waals surface area contributed by atoms with Crippen molar-refractivity contribution >= 4 is 18.0 Å². The number of amides is 3. The zero-order chi connectivity index (χ0) is 24.4. The Kier molecular flexibility index (Phi) is 7.42. The van der Waals surface area contributed by atoms with Crippen molar-refractivity contribution in [2.45, 2.75) is 58.3 Å². The highest BCUT2D eigenvalue weighted by Crippen LogP contribution is 2.49. The van der Waals surface area contributed by atoms with E-state index in [4.69, 9.17) is 0 Å². The first-order valence-electron chi connectivity index (χ1n) is 12.4. The number of aliphatic hydroxyl groups excluding tert-OH is 1. The highest BCUT2D eigenvalue weighted by atomic mass is 16.3. The van der Waals surface area contributed by atoms with E-state index in [-0.39, 0.29) is 36.1 Å². The second-order valence-corrected chi connectivity index (χ2v) is 9.88. The molecule has 3 aliphatic rings. The number of carbonyl (C=O) groups excluding carboxylic acids is 2. The SMILES string of the molecule is C/C=C/c1ccc2n(c1=O)C[C@H]1[C@H](CO)[C@@H](C(=O)NCCN3CCCC3)N(C(=O)NC(C)C)[C@@H]21. The quantitative estimate of drug-likeness (QED) is 0.554. The van der Waals surface area contributed by atoms with Crippen LogP contribution in [0.5, 0.6) is 0 Å². The van der Waals surface area contributed by atoms with Gasteiger partial charge in [-0.1, -0.05) is 12.2 Å². The summed E-state index contributed by atoms with van der Waals surface area (Å²) in [5.41, 5.74) is 1.19. The second kappa shape index (κ2) is 10.3. The fourth-order valence-corrected chi connectivity index (χ4v) is 5.80. The normalized spacial score (nSPS) is 26.3. The molecule has 9 nitrogen and oxygen atoms in total. The lowest BCUT2D eigenvalue weighted by Gasteiger charge is -2.32. The van der Waals surface area contributed by atoms with Gasteiger partial charge in [0.05, 0.1) is 6.04 Å². The molecule has 186 valence electrons. The Labute approximate surface area is 200 Å². The maximum absolute atomic E-state index is 13.4. The number of nitrogens with zero attached hydrogens (tertiary/aromatic N) is 3. The minimum Gasteiger partial charge on any atom is -0.396 e. The van der Waals surface area contributed by atoms with E-state index in [0.29, 0.717) is 24.3 Å². The summed E-state index contributed by atoms with van der Waals surface area (Å²) in [7, 11) is 0. The van der Waals surface area contributed by atoms with E-state index in [1.54, 1.807) is 21.6 Å². The molecule has 2 saturated heterocycles. The monoisotopic (exact) mass is 471 g/mol. The third kappa shape index (κ3) is 4.51. The predicted molar refractivity (Wildman–Crippen MR) is 130 cm³/mol. The molecule has 4 rings (SSSR count). The van der Waals surface area contributed by atoms with Gasteiger partial charge < -0.3 is 30.1 Å². The third-order valence-corrected chi connectivity index (χ3v) is 7.29. The lowest BCUT2D eigenvalue weighted by molar-refractivity contribution is -0.126. The summed E-state index contributed by atoms with van der Waals surface area (Å²) < 4.78 is 1.70. The average Bonchev–Trinajstić information content (AvgIpc) is 3.50. The highest BCUT2D eigenvalue weighted by molar-refractivity contribution is 5.88. The van der Waals surface area contributed by atoms with Gasteiger partial charge >= 0.3 is 6.03 Å². The van der Waals surface area contributed by atoms with Crippen LogP contribution in [0.4, 0.5) is 4.79 Å². The van der Waals surface area contributed by atoms with Crippen LogP contribution in [-0.4, -0.2) is 76.3 Å². The minimum atomic E-state index is -0.795. The van der Waals surface area contributed by atoms with Crippen LogP contribution in [0.3, 0.4) is 0 Å². The minimum absolute atomic E-state index is 0.112. The molecule has 34 heavy (non-hydrogen) atoms. The zero-order valence-corrected chi connectivity index (χ0v) is 20.4. The number of aromatic nitrogens is 1. The van der Waals surface area contributed by atoms with Gasteiger partial charge in [-0.15, -0.1) is 0 Å². The first kappa shape index (κ1) is 24.5. The lowest BCUT2D eigenvalue weighted by atomic mass is 9.88. The van der Waals surface area contributed by atoms with Crippen molar-refractivity contribution in [3.63, 3.8) is 0 Å². The van der Waals surface area contributed by atoms with Gasteiger partial charge in [-0.05, 0) is 58.8 Å². The maximum Gasteiger partial charge on any atom is 0.318 e. The number of urea groups is 1. The molecule has 2 fully saturated rings. The van der Waals surface area contributed by atoms with E-state index in [0.717, 1.165) is 19.6 Å². The van der Waals surface area contributed by atoms with Crippen LogP contribution in [-0.2, 0) is 11.3 Å². The number of allylic oxidation sites excluding steroid dienone is 1. The molecule has 0 spiro atoms. The number of hydrogen-bond donors (Lipinski definition) is 3. The molecule has 0 aromatic carbocycles. The molecule has 0 radical (unpaired) electrons. The maximum atomic E-state index is 13.4. The third-order valence-electron chi connectivity index (χ3n) is 7.29. The average molecular weight is 472 g/mol. The summed E-state index contributed by atoms with van der Waals surface area (Å²) >= 11 is 0. The number of rotatable bonds is 7. The summed E-state index contributed by atoms with van der Waals surface area (Å²) in [5.74, 6) is -0.920. The topological polar surface area (TPSA) is 107 Å². The zero-order valence-electron chi connectivity index (χ0n) is 20.4. The van der Waals surface area contributed by atoms with Crippen molar-refractivity contribution in [2.75, 3.05) is 32.8 Å². The predicted octanol–water partition coefficient (Wildman–Crippen LogP) is 1.18. The van der Waals surface area contributed by atoms with Crippen molar-refractivity contribution in [1.29, 1.82) is 0 Å². The Morgan fingerprint density at radius 2 is 1.97 bits per heavy atom. The van der Waals surface area contributed by atoms with Gasteiger partial charge in [0.25, 0.3) is 5.56 Å². The van der Waals surface area contributed by atoms with Crippen LogP contribution >= 0.6 is 0 Å². The molecule has 3 aliphatic heterocycles. The molecule has 4 atom stereocenters. The van der Waals surface area contributed by atoms with Crippen LogP contribution in [0.2, 0.25) is 0 Å². The summed E-state index contributed by atoms with van der Waals surface area (Å²) in [6.07, 6.45) is 5.96. The first-order chi connectivity index (χ1) is 16.4. The van der Waals surface area contributed by atoms with Crippen molar-refractivity contribution in [3.8, 4) is 0 Å². The number of carbonyl (C=O) groups is 2. The second-order valence-electron chi connectivity index (χ2n) is 9.88. The molecule has 0 bridgehead atoms. The van der Waals surface area contributed by atoms with E-state index < -0.39 is 18.0 Å². The van der Waals surface area contributed by atoms with E-state index in [1.807, 2.05) is 32.9 Å². The molecule has 3 amide bonds. The van der Waals surface area contributed by atoms with Crippen molar-refractivity contribution in [1.82, 2.24) is 25.0 Å². The van der Waals surface area contributed by atoms with Crippen LogP contribution in [0.25, 0.3) is 6.08 Å². The molecular formula is C25H37N5O4. The summed E-state index contributed by atoms with van der Waals surface area (Å²) in [6, 6.07) is 1.94.